The van der Waals surface area contributed by atoms with E-state index in [4.69, 9.17) is 27.8 Å². The summed E-state index contributed by atoms with van der Waals surface area (Å²) < 4.78 is 45.3. The summed E-state index contributed by atoms with van der Waals surface area (Å²) in [7, 11) is 0. The van der Waals surface area contributed by atoms with Crippen molar-refractivity contribution in [1.82, 2.24) is 9.78 Å². The normalized spacial score (nSPS) is 12.9. The van der Waals surface area contributed by atoms with Crippen molar-refractivity contribution in [3.05, 3.63) is 45.6 Å². The van der Waals surface area contributed by atoms with Crippen molar-refractivity contribution in [2.24, 2.45) is 5.73 Å². The van der Waals surface area contributed by atoms with Gasteiger partial charge in [-0.1, -0.05) is 31.0 Å². The summed E-state index contributed by atoms with van der Waals surface area (Å²) in [6, 6.07) is 2.41. The maximum Gasteiger partial charge on any atom is 0.416 e. The number of nitrogens with two attached hydrogens (primary N) is 2. The molecule has 0 fully saturated rings. The zero-order valence-corrected chi connectivity index (χ0v) is 16.3. The van der Waals surface area contributed by atoms with E-state index in [9.17, 15) is 18.0 Å². The Morgan fingerprint density at radius 2 is 2.07 bits per heavy atom. The minimum atomic E-state index is -4.50. The van der Waals surface area contributed by atoms with Crippen molar-refractivity contribution in [2.75, 3.05) is 12.3 Å². The van der Waals surface area contributed by atoms with Gasteiger partial charge in [0, 0.05) is 11.6 Å². The van der Waals surface area contributed by atoms with Crippen LogP contribution in [0.5, 0.6) is 0 Å². The minimum absolute atomic E-state index is 0.00468. The van der Waals surface area contributed by atoms with Crippen molar-refractivity contribution < 1.29 is 22.7 Å². The Morgan fingerprint density at radius 3 is 2.61 bits per heavy atom. The monoisotopic (exact) mass is 418 g/mol. The first-order chi connectivity index (χ1) is 13.1. The summed E-state index contributed by atoms with van der Waals surface area (Å²) in [5, 5.41) is 4.22. The second-order valence-corrected chi connectivity index (χ2v) is 6.74. The van der Waals surface area contributed by atoms with Gasteiger partial charge in [-0.15, -0.1) is 0 Å². The molecule has 1 amide bonds. The molecule has 2 aromatic rings. The fourth-order valence-corrected chi connectivity index (χ4v) is 3.09. The molecule has 0 saturated carbocycles. The Hall–Kier alpha value is -2.26. The second-order valence-electron chi connectivity index (χ2n) is 6.33. The number of ether oxygens (including phenoxy) is 1. The molecule has 1 unspecified atom stereocenters. The predicted molar refractivity (Wildman–Crippen MR) is 100.0 cm³/mol. The number of carbonyl (C=O) groups excluding carboxylic acids is 1. The van der Waals surface area contributed by atoms with E-state index >= 15 is 0 Å². The molecule has 1 heterocycles. The van der Waals surface area contributed by atoms with E-state index in [1.54, 1.807) is 6.92 Å². The third-order valence-electron chi connectivity index (χ3n) is 4.29. The zero-order valence-electron chi connectivity index (χ0n) is 15.5. The Kier molecular flexibility index (Phi) is 6.95. The molecule has 154 valence electrons. The molecular weight excluding hydrogens is 397 g/mol. The second kappa shape index (κ2) is 8.83. The lowest BCUT2D eigenvalue weighted by Gasteiger charge is -2.17. The number of benzene rings is 1. The SMILES string of the molecule is CCCCOCc1nn(C(C)c2ccc(C(F)(F)F)cc2Cl)c(N)c1C(N)=O. The molecule has 0 aliphatic carbocycles. The highest BCUT2D eigenvalue weighted by atomic mass is 35.5. The molecule has 1 aromatic carbocycles. The molecule has 0 bridgehead atoms. The van der Waals surface area contributed by atoms with Crippen LogP contribution in [0.15, 0.2) is 18.2 Å². The Balaban J connectivity index is 2.37. The highest BCUT2D eigenvalue weighted by molar-refractivity contribution is 6.31. The number of amides is 1. The Labute approximate surface area is 165 Å². The van der Waals surface area contributed by atoms with Crippen LogP contribution in [0.25, 0.3) is 0 Å². The largest absolute Gasteiger partial charge is 0.416 e. The Bertz CT molecular complexity index is 852. The van der Waals surface area contributed by atoms with E-state index in [2.05, 4.69) is 5.10 Å². The smallest absolute Gasteiger partial charge is 0.383 e. The van der Waals surface area contributed by atoms with E-state index in [0.29, 0.717) is 12.2 Å². The van der Waals surface area contributed by atoms with Gasteiger partial charge < -0.3 is 16.2 Å². The van der Waals surface area contributed by atoms with Gasteiger partial charge in [0.15, 0.2) is 0 Å². The summed E-state index contributed by atoms with van der Waals surface area (Å²) >= 11 is 6.06. The number of aromatic nitrogens is 2. The van der Waals surface area contributed by atoms with Crippen LogP contribution in [0, 0.1) is 0 Å². The van der Waals surface area contributed by atoms with Gasteiger partial charge in [0.05, 0.1) is 18.2 Å². The summed E-state index contributed by atoms with van der Waals surface area (Å²) in [6.45, 7) is 4.20. The average molecular weight is 419 g/mol. The van der Waals surface area contributed by atoms with Crippen LogP contribution in [0.4, 0.5) is 19.0 Å². The fraction of sp³-hybridized carbons (Fsp3) is 0.444. The molecule has 0 aliphatic rings. The average Bonchev–Trinajstić information content (AvgIpc) is 2.93. The summed E-state index contributed by atoms with van der Waals surface area (Å²) in [6.07, 6.45) is -2.71. The van der Waals surface area contributed by atoms with Gasteiger partial charge in [-0.2, -0.15) is 18.3 Å². The van der Waals surface area contributed by atoms with Crippen molar-refractivity contribution in [1.29, 1.82) is 0 Å². The number of rotatable bonds is 8. The van der Waals surface area contributed by atoms with Crippen LogP contribution in [0.3, 0.4) is 0 Å². The van der Waals surface area contributed by atoms with Crippen molar-refractivity contribution in [3.8, 4) is 0 Å². The Morgan fingerprint density at radius 1 is 1.39 bits per heavy atom. The molecule has 10 heteroatoms. The topological polar surface area (TPSA) is 96.2 Å². The van der Waals surface area contributed by atoms with Crippen molar-refractivity contribution in [3.63, 3.8) is 0 Å². The van der Waals surface area contributed by atoms with Crippen molar-refractivity contribution >= 4 is 23.3 Å². The van der Waals surface area contributed by atoms with Crippen LogP contribution >= 0.6 is 11.6 Å². The van der Waals surface area contributed by atoms with Gasteiger partial charge in [0.2, 0.25) is 0 Å². The lowest BCUT2D eigenvalue weighted by atomic mass is 10.1. The van der Waals surface area contributed by atoms with Crippen molar-refractivity contribution in [2.45, 2.75) is 45.5 Å². The molecule has 4 N–H and O–H groups in total. The van der Waals surface area contributed by atoms with E-state index in [1.165, 1.54) is 10.7 Å². The standard InChI is InChI=1S/C18H22ClF3N4O2/c1-3-4-7-28-9-14-15(17(24)27)16(23)26(25-14)10(2)12-6-5-11(8-13(12)19)18(20,21)22/h5-6,8,10H,3-4,7,9,23H2,1-2H3,(H2,24,27). The number of unbranched alkanes of at least 4 members (excludes halogenated alkanes) is 1. The maximum absolute atomic E-state index is 12.8. The molecule has 6 nitrogen and oxygen atoms in total. The van der Waals surface area contributed by atoms with E-state index in [1.807, 2.05) is 6.92 Å². The molecule has 0 aliphatic heterocycles. The van der Waals surface area contributed by atoms with E-state index < -0.39 is 23.7 Å². The summed E-state index contributed by atoms with van der Waals surface area (Å²) in [5.74, 6) is -0.756. The number of nitrogen functional groups attached to an aromatic ring is 1. The number of hydrogen-bond donors (Lipinski definition) is 2. The number of alkyl halides is 3. The lowest BCUT2D eigenvalue weighted by molar-refractivity contribution is -0.137. The van der Waals surface area contributed by atoms with E-state index in [-0.39, 0.29) is 28.7 Å². The third kappa shape index (κ3) is 4.77. The molecule has 1 aromatic heterocycles. The number of nitrogens with zero attached hydrogens (tertiary/aromatic N) is 2. The number of hydrogen-bond acceptors (Lipinski definition) is 4. The minimum Gasteiger partial charge on any atom is -0.383 e. The van der Waals surface area contributed by atoms with Gasteiger partial charge in [0.25, 0.3) is 5.91 Å². The van der Waals surface area contributed by atoms with Gasteiger partial charge in [-0.3, -0.25) is 4.79 Å². The quantitative estimate of drug-likeness (QED) is 0.629. The fourth-order valence-electron chi connectivity index (χ4n) is 2.75. The molecule has 0 radical (unpaired) electrons. The molecule has 0 saturated heterocycles. The lowest BCUT2D eigenvalue weighted by Crippen LogP contribution is -2.17. The van der Waals surface area contributed by atoms with Crippen LogP contribution in [0.1, 0.15) is 59.9 Å². The van der Waals surface area contributed by atoms with Gasteiger partial charge >= 0.3 is 6.18 Å². The van der Waals surface area contributed by atoms with E-state index in [0.717, 1.165) is 25.0 Å². The van der Waals surface area contributed by atoms with Crippen LogP contribution < -0.4 is 11.5 Å². The molecule has 0 spiro atoms. The first kappa shape index (κ1) is 22.0. The van der Waals surface area contributed by atoms with Gasteiger partial charge in [-0.25, -0.2) is 4.68 Å². The summed E-state index contributed by atoms with van der Waals surface area (Å²) in [5.41, 5.74) is 11.3. The first-order valence-corrected chi connectivity index (χ1v) is 9.06. The molecule has 2 rings (SSSR count). The highest BCUT2D eigenvalue weighted by Gasteiger charge is 2.32. The molecule has 28 heavy (non-hydrogen) atoms. The van der Waals surface area contributed by atoms with Gasteiger partial charge in [0.1, 0.15) is 17.1 Å². The first-order valence-electron chi connectivity index (χ1n) is 8.68. The number of carbonyl (C=O) groups is 1. The zero-order chi connectivity index (χ0) is 21.1. The van der Waals surface area contributed by atoms with Crippen LogP contribution in [-0.4, -0.2) is 22.3 Å². The highest BCUT2D eigenvalue weighted by Crippen LogP contribution is 2.35. The molecule has 1 atom stereocenters. The number of anilines is 1. The summed E-state index contributed by atoms with van der Waals surface area (Å²) in [4.78, 5) is 11.8. The maximum atomic E-state index is 12.8. The van der Waals surface area contributed by atoms with Crippen LogP contribution in [-0.2, 0) is 17.5 Å². The predicted octanol–water partition coefficient (Wildman–Crippen LogP) is 4.16. The number of halogens is 4. The van der Waals surface area contributed by atoms with Gasteiger partial charge in [-0.05, 0) is 31.0 Å². The van der Waals surface area contributed by atoms with Crippen LogP contribution in [0.2, 0.25) is 5.02 Å². The number of primary amides is 1. The third-order valence-corrected chi connectivity index (χ3v) is 4.62. The molecular formula is C18H22ClF3N4O2.